The molecule has 0 amide bonds. The van der Waals surface area contributed by atoms with Gasteiger partial charge in [-0.3, -0.25) is 4.90 Å². The van der Waals surface area contributed by atoms with E-state index in [-0.39, 0.29) is 24.3 Å². The fourth-order valence-corrected chi connectivity index (χ4v) is 3.03. The standard InChI is InChI=1S/C18H22FN3O.ClH/c1-14(15-6-7-17(23-2)16(19)13-15)21-9-11-22(12-10-21)18-5-3-4-8-20-18;/h3-8,13-14H,9-12H2,1-2H3;1H. The minimum absolute atomic E-state index is 0. The van der Waals surface area contributed by atoms with Crippen molar-refractivity contribution < 1.29 is 9.13 Å². The number of nitrogens with zero attached hydrogens (tertiary/aromatic N) is 3. The molecule has 6 heteroatoms. The molecule has 24 heavy (non-hydrogen) atoms. The van der Waals surface area contributed by atoms with Crippen molar-refractivity contribution in [3.8, 4) is 5.75 Å². The quantitative estimate of drug-likeness (QED) is 0.842. The van der Waals surface area contributed by atoms with Gasteiger partial charge in [-0.25, -0.2) is 9.37 Å². The summed E-state index contributed by atoms with van der Waals surface area (Å²) in [6.07, 6.45) is 1.82. The summed E-state index contributed by atoms with van der Waals surface area (Å²) in [5.41, 5.74) is 0.981. The smallest absolute Gasteiger partial charge is 0.165 e. The average molecular weight is 352 g/mol. The molecular formula is C18H23ClFN3O. The van der Waals surface area contributed by atoms with Crippen LogP contribution in [-0.2, 0) is 0 Å². The number of methoxy groups -OCH3 is 1. The average Bonchev–Trinajstić information content (AvgIpc) is 2.62. The summed E-state index contributed by atoms with van der Waals surface area (Å²) in [6, 6.07) is 11.4. The highest BCUT2D eigenvalue weighted by Gasteiger charge is 2.23. The lowest BCUT2D eigenvalue weighted by Crippen LogP contribution is -2.47. The molecule has 1 unspecified atom stereocenters. The molecule has 0 radical (unpaired) electrons. The molecule has 130 valence electrons. The number of rotatable bonds is 4. The Morgan fingerprint density at radius 2 is 1.88 bits per heavy atom. The predicted molar refractivity (Wildman–Crippen MR) is 96.6 cm³/mol. The first-order valence-corrected chi connectivity index (χ1v) is 7.92. The van der Waals surface area contributed by atoms with Crippen molar-refractivity contribution in [3.05, 3.63) is 54.0 Å². The summed E-state index contributed by atoms with van der Waals surface area (Å²) in [5.74, 6) is 1.01. The summed E-state index contributed by atoms with van der Waals surface area (Å²) in [4.78, 5) is 9.07. The molecular weight excluding hydrogens is 329 g/mol. The van der Waals surface area contributed by atoms with Gasteiger partial charge in [0, 0.05) is 38.4 Å². The van der Waals surface area contributed by atoms with Crippen LogP contribution in [0.5, 0.6) is 5.75 Å². The third-order valence-electron chi connectivity index (χ3n) is 4.49. The van der Waals surface area contributed by atoms with Gasteiger partial charge in [0.2, 0.25) is 0 Å². The van der Waals surface area contributed by atoms with E-state index in [0.29, 0.717) is 5.75 Å². The van der Waals surface area contributed by atoms with Gasteiger partial charge in [0.05, 0.1) is 7.11 Å². The van der Waals surface area contributed by atoms with E-state index in [1.807, 2.05) is 30.5 Å². The Labute approximate surface area is 148 Å². The molecule has 2 heterocycles. The van der Waals surface area contributed by atoms with E-state index in [0.717, 1.165) is 37.6 Å². The number of hydrogen-bond acceptors (Lipinski definition) is 4. The molecule has 0 spiro atoms. The molecule has 4 nitrogen and oxygen atoms in total. The van der Waals surface area contributed by atoms with Crippen molar-refractivity contribution in [1.82, 2.24) is 9.88 Å². The maximum Gasteiger partial charge on any atom is 0.165 e. The van der Waals surface area contributed by atoms with Crippen molar-refractivity contribution in [3.63, 3.8) is 0 Å². The fraction of sp³-hybridized carbons (Fsp3) is 0.389. The molecule has 1 aromatic heterocycles. The number of pyridine rings is 1. The number of aromatic nitrogens is 1. The summed E-state index contributed by atoms with van der Waals surface area (Å²) in [6.45, 7) is 5.86. The normalized spacial score (nSPS) is 16.4. The Balaban J connectivity index is 0.00000208. The van der Waals surface area contributed by atoms with Gasteiger partial charge in [-0.05, 0) is 36.8 Å². The number of benzene rings is 1. The summed E-state index contributed by atoms with van der Waals surface area (Å²) < 4.78 is 18.9. The summed E-state index contributed by atoms with van der Waals surface area (Å²) >= 11 is 0. The first kappa shape index (κ1) is 18.5. The Bertz CT molecular complexity index is 648. The van der Waals surface area contributed by atoms with E-state index in [2.05, 4.69) is 21.7 Å². The van der Waals surface area contributed by atoms with Crippen molar-refractivity contribution in [2.75, 3.05) is 38.2 Å². The first-order valence-electron chi connectivity index (χ1n) is 7.92. The minimum atomic E-state index is -0.302. The van der Waals surface area contributed by atoms with Crippen LogP contribution in [0.2, 0.25) is 0 Å². The van der Waals surface area contributed by atoms with Crippen molar-refractivity contribution in [1.29, 1.82) is 0 Å². The molecule has 1 fully saturated rings. The maximum atomic E-state index is 13.9. The third-order valence-corrected chi connectivity index (χ3v) is 4.49. The Morgan fingerprint density at radius 3 is 2.46 bits per heavy atom. The monoisotopic (exact) mass is 351 g/mol. The lowest BCUT2D eigenvalue weighted by atomic mass is 10.1. The maximum absolute atomic E-state index is 13.9. The Hall–Kier alpha value is -1.85. The predicted octanol–water partition coefficient (Wildman–Crippen LogP) is 3.53. The fourth-order valence-electron chi connectivity index (χ4n) is 3.03. The zero-order valence-electron chi connectivity index (χ0n) is 14.0. The molecule has 1 aliphatic heterocycles. The van der Waals surface area contributed by atoms with Crippen LogP contribution in [0, 0.1) is 5.82 Å². The van der Waals surface area contributed by atoms with Gasteiger partial charge < -0.3 is 9.64 Å². The minimum Gasteiger partial charge on any atom is -0.494 e. The van der Waals surface area contributed by atoms with Crippen LogP contribution in [-0.4, -0.2) is 43.2 Å². The topological polar surface area (TPSA) is 28.6 Å². The zero-order chi connectivity index (χ0) is 16.2. The third kappa shape index (κ3) is 3.97. The van der Waals surface area contributed by atoms with Crippen LogP contribution in [0.15, 0.2) is 42.6 Å². The highest BCUT2D eigenvalue weighted by molar-refractivity contribution is 5.85. The second-order valence-corrected chi connectivity index (χ2v) is 5.78. The highest BCUT2D eigenvalue weighted by Crippen LogP contribution is 2.26. The van der Waals surface area contributed by atoms with Crippen LogP contribution in [0.25, 0.3) is 0 Å². The van der Waals surface area contributed by atoms with Crippen molar-refractivity contribution >= 4 is 18.2 Å². The highest BCUT2D eigenvalue weighted by atomic mass is 35.5. The summed E-state index contributed by atoms with van der Waals surface area (Å²) in [5, 5.41) is 0. The number of anilines is 1. The molecule has 0 N–H and O–H groups in total. The molecule has 0 bridgehead atoms. The van der Waals surface area contributed by atoms with E-state index in [9.17, 15) is 4.39 Å². The second-order valence-electron chi connectivity index (χ2n) is 5.78. The van der Waals surface area contributed by atoms with Crippen LogP contribution >= 0.6 is 12.4 Å². The molecule has 1 aliphatic rings. The number of ether oxygens (including phenoxy) is 1. The molecule has 1 saturated heterocycles. The van der Waals surface area contributed by atoms with Crippen molar-refractivity contribution in [2.24, 2.45) is 0 Å². The Kier molecular flexibility index (Phi) is 6.40. The van der Waals surface area contributed by atoms with Gasteiger partial charge in [-0.15, -0.1) is 12.4 Å². The lowest BCUT2D eigenvalue weighted by Gasteiger charge is -2.38. The van der Waals surface area contributed by atoms with E-state index in [4.69, 9.17) is 4.74 Å². The molecule has 1 atom stereocenters. The molecule has 1 aromatic carbocycles. The molecule has 2 aromatic rings. The van der Waals surface area contributed by atoms with Gasteiger partial charge in [-0.1, -0.05) is 12.1 Å². The van der Waals surface area contributed by atoms with Gasteiger partial charge in [0.25, 0.3) is 0 Å². The molecule has 3 rings (SSSR count). The largest absolute Gasteiger partial charge is 0.494 e. The van der Waals surface area contributed by atoms with Crippen LogP contribution in [0.1, 0.15) is 18.5 Å². The number of piperazine rings is 1. The number of hydrogen-bond donors (Lipinski definition) is 0. The first-order chi connectivity index (χ1) is 11.2. The lowest BCUT2D eigenvalue weighted by molar-refractivity contribution is 0.197. The van der Waals surface area contributed by atoms with E-state index < -0.39 is 0 Å². The SMILES string of the molecule is COc1ccc(C(C)N2CCN(c3ccccn3)CC2)cc1F.Cl. The van der Waals surface area contributed by atoms with Gasteiger partial charge in [-0.2, -0.15) is 0 Å². The van der Waals surface area contributed by atoms with Crippen molar-refractivity contribution in [2.45, 2.75) is 13.0 Å². The van der Waals surface area contributed by atoms with Gasteiger partial charge in [0.1, 0.15) is 5.82 Å². The molecule has 0 aliphatic carbocycles. The zero-order valence-corrected chi connectivity index (χ0v) is 14.8. The van der Waals surface area contributed by atoms with E-state index in [1.54, 1.807) is 12.1 Å². The van der Waals surface area contributed by atoms with Gasteiger partial charge in [0.15, 0.2) is 11.6 Å². The van der Waals surface area contributed by atoms with E-state index in [1.165, 1.54) is 7.11 Å². The van der Waals surface area contributed by atoms with Crippen LogP contribution < -0.4 is 9.64 Å². The van der Waals surface area contributed by atoms with Crippen LogP contribution in [0.3, 0.4) is 0 Å². The second kappa shape index (κ2) is 8.31. The van der Waals surface area contributed by atoms with Gasteiger partial charge >= 0.3 is 0 Å². The molecule has 0 saturated carbocycles. The van der Waals surface area contributed by atoms with E-state index >= 15 is 0 Å². The summed E-state index contributed by atoms with van der Waals surface area (Å²) in [7, 11) is 1.48. The van der Waals surface area contributed by atoms with Crippen LogP contribution in [0.4, 0.5) is 10.2 Å². The Morgan fingerprint density at radius 1 is 1.12 bits per heavy atom. The number of halogens is 2.